The average molecular weight is 409 g/mol. The summed E-state index contributed by atoms with van der Waals surface area (Å²) in [4.78, 5) is 16.4. The summed E-state index contributed by atoms with van der Waals surface area (Å²) >= 11 is 1.03. The summed E-state index contributed by atoms with van der Waals surface area (Å²) in [5.74, 6) is -0.500. The molecule has 10 heteroatoms. The SMILES string of the molecule is COc1cc(-c2nc(C(=O)NCc3cccc[n+]3[O-])cs2)cc(C(F)(F)F)c1. The van der Waals surface area contributed by atoms with Crippen molar-refractivity contribution in [2.24, 2.45) is 0 Å². The molecule has 0 unspecified atom stereocenters. The molecule has 0 fully saturated rings. The minimum absolute atomic E-state index is 0.00653. The molecule has 1 amide bonds. The maximum Gasteiger partial charge on any atom is 0.416 e. The zero-order valence-electron chi connectivity index (χ0n) is 14.5. The van der Waals surface area contributed by atoms with Gasteiger partial charge in [-0.3, -0.25) is 4.79 Å². The fourth-order valence-electron chi connectivity index (χ4n) is 2.38. The smallest absolute Gasteiger partial charge is 0.416 e. The zero-order chi connectivity index (χ0) is 20.3. The third-order valence-electron chi connectivity index (χ3n) is 3.79. The van der Waals surface area contributed by atoms with Gasteiger partial charge < -0.3 is 15.3 Å². The molecule has 6 nitrogen and oxygen atoms in total. The van der Waals surface area contributed by atoms with Gasteiger partial charge >= 0.3 is 6.18 Å². The molecule has 0 radical (unpaired) electrons. The van der Waals surface area contributed by atoms with Gasteiger partial charge in [-0.15, -0.1) is 11.3 Å². The van der Waals surface area contributed by atoms with E-state index in [1.54, 1.807) is 18.2 Å². The Balaban J connectivity index is 1.80. The number of pyridine rings is 1. The number of rotatable bonds is 5. The second kappa shape index (κ2) is 7.85. The number of hydrogen-bond acceptors (Lipinski definition) is 5. The van der Waals surface area contributed by atoms with Crippen LogP contribution in [0.3, 0.4) is 0 Å². The van der Waals surface area contributed by atoms with Crippen molar-refractivity contribution in [2.75, 3.05) is 7.11 Å². The molecule has 0 aliphatic rings. The van der Waals surface area contributed by atoms with Gasteiger partial charge in [0.25, 0.3) is 5.91 Å². The Labute approximate surface area is 161 Å². The van der Waals surface area contributed by atoms with Crippen molar-refractivity contribution in [3.8, 4) is 16.3 Å². The molecule has 1 aromatic carbocycles. The second-order valence-electron chi connectivity index (χ2n) is 5.69. The number of carbonyl (C=O) groups is 1. The molecule has 28 heavy (non-hydrogen) atoms. The van der Waals surface area contributed by atoms with E-state index in [9.17, 15) is 23.2 Å². The first-order valence-electron chi connectivity index (χ1n) is 7.95. The standard InChI is InChI=1S/C18H14F3N3O3S/c1-27-14-7-11(6-12(8-14)18(19,20)21)17-23-15(10-28-17)16(25)22-9-13-4-2-3-5-24(13)26/h2-8,10H,9H2,1H3,(H,22,25). The first-order valence-corrected chi connectivity index (χ1v) is 8.83. The number of benzene rings is 1. The lowest BCUT2D eigenvalue weighted by atomic mass is 10.1. The second-order valence-corrected chi connectivity index (χ2v) is 6.54. The van der Waals surface area contributed by atoms with Gasteiger partial charge in [-0.2, -0.15) is 17.9 Å². The Hall–Kier alpha value is -3.14. The minimum Gasteiger partial charge on any atom is -0.618 e. The van der Waals surface area contributed by atoms with E-state index in [2.05, 4.69) is 10.3 Å². The number of alkyl halides is 3. The first-order chi connectivity index (χ1) is 13.3. The highest BCUT2D eigenvalue weighted by Crippen LogP contribution is 2.36. The Bertz CT molecular complexity index is 1000. The van der Waals surface area contributed by atoms with Crippen LogP contribution < -0.4 is 14.8 Å². The predicted octanol–water partition coefficient (Wildman–Crippen LogP) is 3.40. The van der Waals surface area contributed by atoms with Crippen LogP contribution in [0.5, 0.6) is 5.75 Å². The van der Waals surface area contributed by atoms with Gasteiger partial charge in [0.15, 0.2) is 6.20 Å². The Morgan fingerprint density at radius 1 is 1.32 bits per heavy atom. The van der Waals surface area contributed by atoms with Crippen LogP contribution >= 0.6 is 11.3 Å². The van der Waals surface area contributed by atoms with Crippen molar-refractivity contribution >= 4 is 17.2 Å². The lowest BCUT2D eigenvalue weighted by molar-refractivity contribution is -0.614. The number of amides is 1. The number of ether oxygens (including phenoxy) is 1. The molecule has 146 valence electrons. The molecule has 0 aliphatic heterocycles. The van der Waals surface area contributed by atoms with E-state index in [-0.39, 0.29) is 28.6 Å². The number of halogens is 3. The minimum atomic E-state index is -4.54. The number of methoxy groups -OCH3 is 1. The lowest BCUT2D eigenvalue weighted by Gasteiger charge is -2.10. The Kier molecular flexibility index (Phi) is 5.50. The topological polar surface area (TPSA) is 78.2 Å². The highest BCUT2D eigenvalue weighted by molar-refractivity contribution is 7.13. The van der Waals surface area contributed by atoms with Crippen LogP contribution in [0.15, 0.2) is 48.0 Å². The predicted molar refractivity (Wildman–Crippen MR) is 95.7 cm³/mol. The molecule has 0 atom stereocenters. The molecule has 0 saturated carbocycles. The summed E-state index contributed by atoms with van der Waals surface area (Å²) in [6, 6.07) is 8.05. The molecule has 0 saturated heterocycles. The van der Waals surface area contributed by atoms with E-state index in [1.165, 1.54) is 24.8 Å². The average Bonchev–Trinajstić information content (AvgIpc) is 3.16. The van der Waals surface area contributed by atoms with Crippen LogP contribution in [-0.4, -0.2) is 18.0 Å². The molecular weight excluding hydrogens is 395 g/mol. The van der Waals surface area contributed by atoms with E-state index in [4.69, 9.17) is 4.74 Å². The first kappa shape index (κ1) is 19.6. The molecule has 3 rings (SSSR count). The van der Waals surface area contributed by atoms with E-state index >= 15 is 0 Å². The van der Waals surface area contributed by atoms with Gasteiger partial charge in [0.2, 0.25) is 5.69 Å². The number of nitrogens with one attached hydrogen (secondary N) is 1. The summed E-state index contributed by atoms with van der Waals surface area (Å²) in [7, 11) is 1.27. The van der Waals surface area contributed by atoms with Crippen molar-refractivity contribution < 1.29 is 27.4 Å². The van der Waals surface area contributed by atoms with Crippen molar-refractivity contribution in [1.82, 2.24) is 10.3 Å². The molecular formula is C18H14F3N3O3S. The normalized spacial score (nSPS) is 11.3. The van der Waals surface area contributed by atoms with Crippen molar-refractivity contribution in [3.63, 3.8) is 0 Å². The highest BCUT2D eigenvalue weighted by atomic mass is 32.1. The summed E-state index contributed by atoms with van der Waals surface area (Å²) < 4.78 is 44.7. The summed E-state index contributed by atoms with van der Waals surface area (Å²) in [5, 5.41) is 15.8. The number of hydrogen-bond donors (Lipinski definition) is 1. The summed E-state index contributed by atoms with van der Waals surface area (Å²) in [5.41, 5.74) is -0.290. The fraction of sp³-hybridized carbons (Fsp3) is 0.167. The molecule has 2 heterocycles. The van der Waals surface area contributed by atoms with E-state index < -0.39 is 17.6 Å². The van der Waals surface area contributed by atoms with Crippen molar-refractivity contribution in [1.29, 1.82) is 0 Å². The molecule has 3 aromatic rings. The maximum atomic E-state index is 13.1. The van der Waals surface area contributed by atoms with Crippen LogP contribution in [0.25, 0.3) is 10.6 Å². The summed E-state index contributed by atoms with van der Waals surface area (Å²) in [6.45, 7) is -0.00653. The Morgan fingerprint density at radius 3 is 2.79 bits per heavy atom. The molecule has 0 aliphatic carbocycles. The van der Waals surface area contributed by atoms with E-state index in [0.29, 0.717) is 10.4 Å². The van der Waals surface area contributed by atoms with Crippen molar-refractivity contribution in [2.45, 2.75) is 12.7 Å². The van der Waals surface area contributed by atoms with Gasteiger partial charge in [-0.25, -0.2) is 4.98 Å². The third kappa shape index (κ3) is 4.39. The molecule has 0 spiro atoms. The van der Waals surface area contributed by atoms with Gasteiger partial charge in [0, 0.05) is 23.1 Å². The largest absolute Gasteiger partial charge is 0.618 e. The Morgan fingerprint density at radius 2 is 2.11 bits per heavy atom. The van der Waals surface area contributed by atoms with E-state index in [0.717, 1.165) is 23.5 Å². The monoisotopic (exact) mass is 409 g/mol. The van der Waals surface area contributed by atoms with Crippen LogP contribution in [0.2, 0.25) is 0 Å². The van der Waals surface area contributed by atoms with E-state index in [1.807, 2.05) is 0 Å². The van der Waals surface area contributed by atoms with Crippen molar-refractivity contribution in [3.05, 3.63) is 70.1 Å². The van der Waals surface area contributed by atoms with Crippen LogP contribution in [0.4, 0.5) is 13.2 Å². The quantitative estimate of drug-likeness (QED) is 0.518. The van der Waals surface area contributed by atoms with Crippen LogP contribution in [-0.2, 0) is 12.7 Å². The van der Waals surface area contributed by atoms with Gasteiger partial charge in [-0.1, -0.05) is 0 Å². The number of carbonyl (C=O) groups excluding carboxylic acids is 1. The summed E-state index contributed by atoms with van der Waals surface area (Å²) in [6.07, 6.45) is -3.23. The highest BCUT2D eigenvalue weighted by Gasteiger charge is 2.31. The number of nitrogens with zero attached hydrogens (tertiary/aromatic N) is 2. The third-order valence-corrected chi connectivity index (χ3v) is 4.68. The molecule has 2 aromatic heterocycles. The van der Waals surface area contributed by atoms with Crippen LogP contribution in [0, 0.1) is 5.21 Å². The van der Waals surface area contributed by atoms with Gasteiger partial charge in [0.1, 0.15) is 23.0 Å². The lowest BCUT2D eigenvalue weighted by Crippen LogP contribution is -2.35. The number of thiazole rings is 1. The fourth-order valence-corrected chi connectivity index (χ4v) is 3.16. The molecule has 1 N–H and O–H groups in total. The van der Waals surface area contributed by atoms with Gasteiger partial charge in [-0.05, 0) is 24.3 Å². The maximum absolute atomic E-state index is 13.1. The number of aromatic nitrogens is 2. The molecule has 0 bridgehead atoms. The van der Waals surface area contributed by atoms with Gasteiger partial charge in [0.05, 0.1) is 12.7 Å². The van der Waals surface area contributed by atoms with Crippen LogP contribution in [0.1, 0.15) is 21.7 Å². The zero-order valence-corrected chi connectivity index (χ0v) is 15.3.